The molecule has 0 saturated carbocycles. The molecule has 0 spiro atoms. The van der Waals surface area contributed by atoms with E-state index in [1.807, 2.05) is 19.9 Å². The lowest BCUT2D eigenvalue weighted by atomic mass is 10.2. The summed E-state index contributed by atoms with van der Waals surface area (Å²) in [6.45, 7) is 3.62. The van der Waals surface area contributed by atoms with E-state index >= 15 is 0 Å². The smallest absolute Gasteiger partial charge is 0.258 e. The standard InChI is InChI=1S/C19H20BrN3O3S/c1-11(2)17(24)22-15-9-8-12(10-16(15)26-3)21-19(27)23-18(25)13-6-4-5-7-14(13)20/h4-11H,1-3H3,(H,22,24)(H2,21,23,25,27). The molecule has 0 aliphatic rings. The van der Waals surface area contributed by atoms with E-state index in [-0.39, 0.29) is 22.8 Å². The Morgan fingerprint density at radius 2 is 1.81 bits per heavy atom. The first-order valence-corrected chi connectivity index (χ1v) is 9.37. The average molecular weight is 450 g/mol. The molecule has 0 aliphatic heterocycles. The van der Waals surface area contributed by atoms with Crippen LogP contribution in [-0.2, 0) is 4.79 Å². The maximum absolute atomic E-state index is 12.3. The lowest BCUT2D eigenvalue weighted by molar-refractivity contribution is -0.118. The number of carbonyl (C=O) groups excluding carboxylic acids is 2. The average Bonchev–Trinajstić information content (AvgIpc) is 2.62. The zero-order valence-electron chi connectivity index (χ0n) is 15.1. The van der Waals surface area contributed by atoms with Gasteiger partial charge in [-0.15, -0.1) is 0 Å². The molecule has 0 heterocycles. The zero-order valence-corrected chi connectivity index (χ0v) is 17.5. The predicted octanol–water partition coefficient (Wildman–Crippen LogP) is 4.18. The second kappa shape index (κ2) is 9.48. The van der Waals surface area contributed by atoms with Crippen molar-refractivity contribution < 1.29 is 14.3 Å². The number of thiocarbonyl (C=S) groups is 1. The third kappa shape index (κ3) is 5.77. The molecule has 3 N–H and O–H groups in total. The molecule has 0 unspecified atom stereocenters. The van der Waals surface area contributed by atoms with Gasteiger partial charge in [0.25, 0.3) is 5.91 Å². The molecule has 0 aliphatic carbocycles. The molecule has 2 amide bonds. The summed E-state index contributed by atoms with van der Waals surface area (Å²) in [4.78, 5) is 24.2. The summed E-state index contributed by atoms with van der Waals surface area (Å²) in [6, 6.07) is 12.2. The topological polar surface area (TPSA) is 79.5 Å². The Balaban J connectivity index is 2.06. The first-order chi connectivity index (χ1) is 12.8. The van der Waals surface area contributed by atoms with Crippen molar-refractivity contribution in [2.45, 2.75) is 13.8 Å². The van der Waals surface area contributed by atoms with Crippen LogP contribution < -0.4 is 20.7 Å². The fourth-order valence-corrected chi connectivity index (χ4v) is 2.80. The Labute approximate surface area is 171 Å². The Morgan fingerprint density at radius 3 is 2.44 bits per heavy atom. The van der Waals surface area contributed by atoms with Gasteiger partial charge in [-0.2, -0.15) is 0 Å². The fraction of sp³-hybridized carbons (Fsp3) is 0.211. The van der Waals surface area contributed by atoms with E-state index in [4.69, 9.17) is 17.0 Å². The summed E-state index contributed by atoms with van der Waals surface area (Å²) in [7, 11) is 1.51. The first kappa shape index (κ1) is 20.9. The lowest BCUT2D eigenvalue weighted by Gasteiger charge is -2.15. The SMILES string of the molecule is COc1cc(NC(=S)NC(=O)c2ccccc2Br)ccc1NC(=O)C(C)C. The van der Waals surface area contributed by atoms with E-state index in [0.717, 1.165) is 0 Å². The van der Waals surface area contributed by atoms with Gasteiger partial charge in [-0.1, -0.05) is 26.0 Å². The van der Waals surface area contributed by atoms with Crippen molar-refractivity contribution in [2.24, 2.45) is 5.92 Å². The molecule has 2 rings (SSSR count). The molecule has 2 aromatic carbocycles. The Morgan fingerprint density at radius 1 is 1.11 bits per heavy atom. The number of benzene rings is 2. The van der Waals surface area contributed by atoms with Crippen molar-refractivity contribution >= 4 is 56.4 Å². The van der Waals surface area contributed by atoms with Gasteiger partial charge in [-0.05, 0) is 52.4 Å². The van der Waals surface area contributed by atoms with E-state index in [1.165, 1.54) is 7.11 Å². The van der Waals surface area contributed by atoms with Crippen LogP contribution in [0.4, 0.5) is 11.4 Å². The van der Waals surface area contributed by atoms with E-state index in [0.29, 0.717) is 27.2 Å². The van der Waals surface area contributed by atoms with Crippen molar-refractivity contribution in [2.75, 3.05) is 17.7 Å². The number of hydrogen-bond donors (Lipinski definition) is 3. The number of rotatable bonds is 5. The number of hydrogen-bond acceptors (Lipinski definition) is 4. The van der Waals surface area contributed by atoms with Gasteiger partial charge in [0, 0.05) is 22.1 Å². The third-order valence-electron chi connectivity index (χ3n) is 3.59. The van der Waals surface area contributed by atoms with Gasteiger partial charge in [0.15, 0.2) is 5.11 Å². The molecule has 0 bridgehead atoms. The molecule has 0 atom stereocenters. The van der Waals surface area contributed by atoms with Gasteiger partial charge in [0.05, 0.1) is 18.4 Å². The quantitative estimate of drug-likeness (QED) is 0.596. The molecular formula is C19H20BrN3O3S. The van der Waals surface area contributed by atoms with Crippen LogP contribution in [0.5, 0.6) is 5.75 Å². The van der Waals surface area contributed by atoms with Crippen LogP contribution in [0.3, 0.4) is 0 Å². The largest absolute Gasteiger partial charge is 0.494 e. The van der Waals surface area contributed by atoms with E-state index in [9.17, 15) is 9.59 Å². The van der Waals surface area contributed by atoms with Gasteiger partial charge < -0.3 is 15.4 Å². The molecule has 27 heavy (non-hydrogen) atoms. The lowest BCUT2D eigenvalue weighted by Crippen LogP contribution is -2.34. The molecule has 0 aromatic heterocycles. The second-order valence-corrected chi connectivity index (χ2v) is 7.21. The number of amides is 2. The van der Waals surface area contributed by atoms with Crippen molar-refractivity contribution in [3.05, 3.63) is 52.5 Å². The van der Waals surface area contributed by atoms with E-state index in [2.05, 4.69) is 31.9 Å². The zero-order chi connectivity index (χ0) is 20.0. The molecule has 2 aromatic rings. The van der Waals surface area contributed by atoms with Crippen LogP contribution in [0, 0.1) is 5.92 Å². The highest BCUT2D eigenvalue weighted by Gasteiger charge is 2.13. The molecular weight excluding hydrogens is 430 g/mol. The number of anilines is 2. The van der Waals surface area contributed by atoms with Crippen molar-refractivity contribution in [3.63, 3.8) is 0 Å². The van der Waals surface area contributed by atoms with Crippen LogP contribution in [-0.4, -0.2) is 24.0 Å². The summed E-state index contributed by atoms with van der Waals surface area (Å²) in [5.41, 5.74) is 1.66. The Kier molecular flexibility index (Phi) is 7.32. The van der Waals surface area contributed by atoms with E-state index < -0.39 is 0 Å². The molecule has 6 nitrogen and oxygen atoms in total. The predicted molar refractivity (Wildman–Crippen MR) is 114 cm³/mol. The maximum atomic E-state index is 12.3. The summed E-state index contributed by atoms with van der Waals surface area (Å²) >= 11 is 8.54. The molecule has 0 saturated heterocycles. The Bertz CT molecular complexity index is 871. The van der Waals surface area contributed by atoms with Crippen LogP contribution in [0.2, 0.25) is 0 Å². The van der Waals surface area contributed by atoms with Crippen LogP contribution in [0.25, 0.3) is 0 Å². The van der Waals surface area contributed by atoms with Crippen LogP contribution >= 0.6 is 28.1 Å². The number of ether oxygens (including phenoxy) is 1. The minimum atomic E-state index is -0.326. The van der Waals surface area contributed by atoms with Gasteiger partial charge in [0.1, 0.15) is 5.75 Å². The van der Waals surface area contributed by atoms with Gasteiger partial charge in [-0.25, -0.2) is 0 Å². The minimum Gasteiger partial charge on any atom is -0.494 e. The van der Waals surface area contributed by atoms with Gasteiger partial charge in [0.2, 0.25) is 5.91 Å². The highest BCUT2D eigenvalue weighted by molar-refractivity contribution is 9.10. The summed E-state index contributed by atoms with van der Waals surface area (Å²) in [6.07, 6.45) is 0. The van der Waals surface area contributed by atoms with Crippen molar-refractivity contribution in [3.8, 4) is 5.75 Å². The van der Waals surface area contributed by atoms with Gasteiger partial charge in [-0.3, -0.25) is 14.9 Å². The third-order valence-corrected chi connectivity index (χ3v) is 4.48. The first-order valence-electron chi connectivity index (χ1n) is 8.17. The Hall–Kier alpha value is -2.45. The van der Waals surface area contributed by atoms with Gasteiger partial charge >= 0.3 is 0 Å². The minimum absolute atomic E-state index is 0.106. The highest BCUT2D eigenvalue weighted by atomic mass is 79.9. The fourth-order valence-electron chi connectivity index (χ4n) is 2.13. The normalized spacial score (nSPS) is 10.3. The van der Waals surface area contributed by atoms with Crippen molar-refractivity contribution in [1.29, 1.82) is 0 Å². The molecule has 142 valence electrons. The highest BCUT2D eigenvalue weighted by Crippen LogP contribution is 2.28. The second-order valence-electron chi connectivity index (χ2n) is 5.95. The number of halogens is 1. The number of carbonyl (C=O) groups is 2. The van der Waals surface area contributed by atoms with Crippen LogP contribution in [0.1, 0.15) is 24.2 Å². The van der Waals surface area contributed by atoms with Crippen molar-refractivity contribution in [1.82, 2.24) is 5.32 Å². The summed E-state index contributed by atoms with van der Waals surface area (Å²) in [5.74, 6) is -0.0977. The summed E-state index contributed by atoms with van der Waals surface area (Å²) in [5, 5.41) is 8.51. The molecule has 0 fully saturated rings. The van der Waals surface area contributed by atoms with Crippen LogP contribution in [0.15, 0.2) is 46.9 Å². The molecule has 8 heteroatoms. The number of nitrogens with one attached hydrogen (secondary N) is 3. The monoisotopic (exact) mass is 449 g/mol. The summed E-state index contributed by atoms with van der Waals surface area (Å²) < 4.78 is 6.00. The molecule has 0 radical (unpaired) electrons. The number of methoxy groups -OCH3 is 1. The van der Waals surface area contributed by atoms with E-state index in [1.54, 1.807) is 36.4 Å². The maximum Gasteiger partial charge on any atom is 0.258 e.